The highest BCUT2D eigenvalue weighted by Gasteiger charge is 2.30. The summed E-state index contributed by atoms with van der Waals surface area (Å²) < 4.78 is 5.65. The van der Waals surface area contributed by atoms with Gasteiger partial charge < -0.3 is 15.2 Å². The van der Waals surface area contributed by atoms with Crippen molar-refractivity contribution in [2.75, 3.05) is 7.11 Å². The standard InChI is InChI=1S/C22H28ClNO3/c1-7-14-9-10-17(23)18(19(14)25)21(26)24-22(4,5)16-12-13(3)11-15(8-2)20(16)27-6/h9-12,25H,7-8H2,1-6H3,(H,24,26). The zero-order valence-electron chi connectivity index (χ0n) is 16.9. The molecule has 0 bridgehead atoms. The molecule has 0 saturated heterocycles. The highest BCUT2D eigenvalue weighted by atomic mass is 35.5. The quantitative estimate of drug-likeness (QED) is 0.718. The number of rotatable bonds is 6. The number of amides is 1. The molecule has 2 N–H and O–H groups in total. The summed E-state index contributed by atoms with van der Waals surface area (Å²) >= 11 is 6.21. The fraction of sp³-hybridized carbons (Fsp3) is 0.409. The molecule has 27 heavy (non-hydrogen) atoms. The molecule has 0 aromatic heterocycles. The van der Waals surface area contributed by atoms with Crippen LogP contribution in [-0.2, 0) is 18.4 Å². The molecule has 2 rings (SSSR count). The largest absolute Gasteiger partial charge is 0.507 e. The smallest absolute Gasteiger partial charge is 0.257 e. The van der Waals surface area contributed by atoms with Gasteiger partial charge in [0.05, 0.1) is 23.2 Å². The molecule has 0 atom stereocenters. The molecular formula is C22H28ClNO3. The highest BCUT2D eigenvalue weighted by molar-refractivity contribution is 6.34. The monoisotopic (exact) mass is 389 g/mol. The Balaban J connectivity index is 2.49. The van der Waals surface area contributed by atoms with Gasteiger partial charge in [0.25, 0.3) is 5.91 Å². The molecule has 1 amide bonds. The SMILES string of the molecule is CCc1ccc(Cl)c(C(=O)NC(C)(C)c2cc(C)cc(CC)c2OC)c1O. The maximum Gasteiger partial charge on any atom is 0.257 e. The first-order valence-corrected chi connectivity index (χ1v) is 9.54. The van der Waals surface area contributed by atoms with E-state index in [-0.39, 0.29) is 16.3 Å². The number of carbonyl (C=O) groups is 1. The van der Waals surface area contributed by atoms with Crippen molar-refractivity contribution >= 4 is 17.5 Å². The molecule has 5 heteroatoms. The fourth-order valence-electron chi connectivity index (χ4n) is 3.34. The fourth-order valence-corrected chi connectivity index (χ4v) is 3.58. The second-order valence-electron chi connectivity index (χ2n) is 7.22. The molecule has 0 aliphatic carbocycles. The summed E-state index contributed by atoms with van der Waals surface area (Å²) in [5.74, 6) is 0.286. The zero-order chi connectivity index (χ0) is 20.4. The number of aromatic hydroxyl groups is 1. The van der Waals surface area contributed by atoms with E-state index in [1.54, 1.807) is 19.2 Å². The molecule has 0 spiro atoms. The van der Waals surface area contributed by atoms with Gasteiger partial charge in [-0.15, -0.1) is 0 Å². The Labute approximate surface area is 166 Å². The van der Waals surface area contributed by atoms with Crippen LogP contribution in [0.1, 0.15) is 60.3 Å². The lowest BCUT2D eigenvalue weighted by atomic mass is 9.88. The molecule has 2 aromatic carbocycles. The van der Waals surface area contributed by atoms with Crippen molar-refractivity contribution in [1.82, 2.24) is 5.32 Å². The van der Waals surface area contributed by atoms with E-state index in [2.05, 4.69) is 18.3 Å². The molecular weight excluding hydrogens is 362 g/mol. The number of hydrogen-bond acceptors (Lipinski definition) is 3. The second-order valence-corrected chi connectivity index (χ2v) is 7.63. The predicted octanol–water partition coefficient (Wildman–Crippen LogP) is 5.15. The molecule has 0 fully saturated rings. The second kappa shape index (κ2) is 8.22. The molecule has 0 heterocycles. The van der Waals surface area contributed by atoms with E-state index in [4.69, 9.17) is 16.3 Å². The summed E-state index contributed by atoms with van der Waals surface area (Å²) in [6.45, 7) is 9.83. The summed E-state index contributed by atoms with van der Waals surface area (Å²) in [6, 6.07) is 7.48. The lowest BCUT2D eigenvalue weighted by Gasteiger charge is -2.30. The van der Waals surface area contributed by atoms with E-state index in [1.165, 1.54) is 0 Å². The number of nitrogens with one attached hydrogen (secondary N) is 1. The van der Waals surface area contributed by atoms with Crippen molar-refractivity contribution in [3.05, 3.63) is 57.1 Å². The molecule has 0 radical (unpaired) electrons. The summed E-state index contributed by atoms with van der Waals surface area (Å²) in [4.78, 5) is 13.0. The average molecular weight is 390 g/mol. The molecule has 0 aliphatic heterocycles. The van der Waals surface area contributed by atoms with E-state index in [0.717, 1.165) is 28.9 Å². The van der Waals surface area contributed by atoms with E-state index >= 15 is 0 Å². The van der Waals surface area contributed by atoms with Gasteiger partial charge in [-0.25, -0.2) is 0 Å². The Morgan fingerprint density at radius 1 is 1.19 bits per heavy atom. The first-order valence-electron chi connectivity index (χ1n) is 9.17. The lowest BCUT2D eigenvalue weighted by molar-refractivity contribution is 0.0908. The summed E-state index contributed by atoms with van der Waals surface area (Å²) in [5, 5.41) is 13.7. The average Bonchev–Trinajstić information content (AvgIpc) is 2.60. The number of phenols is 1. The zero-order valence-corrected chi connectivity index (χ0v) is 17.6. The van der Waals surface area contributed by atoms with E-state index in [9.17, 15) is 9.90 Å². The number of carbonyl (C=O) groups excluding carboxylic acids is 1. The molecule has 2 aromatic rings. The number of aryl methyl sites for hydroxylation is 3. The van der Waals surface area contributed by atoms with E-state index in [1.807, 2.05) is 33.8 Å². The van der Waals surface area contributed by atoms with E-state index in [0.29, 0.717) is 12.0 Å². The van der Waals surface area contributed by atoms with Gasteiger partial charge >= 0.3 is 0 Å². The Hall–Kier alpha value is -2.20. The lowest BCUT2D eigenvalue weighted by Crippen LogP contribution is -2.41. The Bertz CT molecular complexity index is 859. The number of ether oxygens (including phenoxy) is 1. The summed E-state index contributed by atoms with van der Waals surface area (Å²) in [5.41, 5.74) is 3.13. The van der Waals surface area contributed by atoms with Crippen molar-refractivity contribution in [1.29, 1.82) is 0 Å². The third kappa shape index (κ3) is 4.22. The van der Waals surface area contributed by atoms with Gasteiger partial charge in [0.1, 0.15) is 11.5 Å². The van der Waals surface area contributed by atoms with Gasteiger partial charge in [0, 0.05) is 5.56 Å². The van der Waals surface area contributed by atoms with E-state index < -0.39 is 11.4 Å². The van der Waals surface area contributed by atoms with Crippen molar-refractivity contribution in [3.63, 3.8) is 0 Å². The maximum absolute atomic E-state index is 13.0. The van der Waals surface area contributed by atoms with Crippen LogP contribution in [0.25, 0.3) is 0 Å². The predicted molar refractivity (Wildman–Crippen MR) is 110 cm³/mol. The summed E-state index contributed by atoms with van der Waals surface area (Å²) in [7, 11) is 1.64. The topological polar surface area (TPSA) is 58.6 Å². The van der Waals surface area contributed by atoms with Gasteiger partial charge in [-0.1, -0.05) is 49.2 Å². The van der Waals surface area contributed by atoms with Gasteiger partial charge in [-0.05, 0) is 50.8 Å². The van der Waals surface area contributed by atoms with Crippen LogP contribution >= 0.6 is 11.6 Å². The minimum atomic E-state index is -0.726. The first kappa shape index (κ1) is 21.1. The van der Waals surface area contributed by atoms with Crippen LogP contribution in [0.4, 0.5) is 0 Å². The normalized spacial score (nSPS) is 11.4. The van der Waals surface area contributed by atoms with Gasteiger partial charge in [-0.3, -0.25) is 4.79 Å². The highest BCUT2D eigenvalue weighted by Crippen LogP contribution is 2.36. The van der Waals surface area contributed by atoms with Gasteiger partial charge in [0.15, 0.2) is 0 Å². The Morgan fingerprint density at radius 3 is 2.37 bits per heavy atom. The van der Waals surface area contributed by atoms with Crippen LogP contribution in [0.5, 0.6) is 11.5 Å². The first-order chi connectivity index (χ1) is 12.7. The molecule has 146 valence electrons. The number of hydrogen-bond donors (Lipinski definition) is 2. The Kier molecular flexibility index (Phi) is 6.42. The third-order valence-corrected chi connectivity index (χ3v) is 5.13. The van der Waals surface area contributed by atoms with Crippen LogP contribution in [-0.4, -0.2) is 18.1 Å². The van der Waals surface area contributed by atoms with Crippen LogP contribution < -0.4 is 10.1 Å². The third-order valence-electron chi connectivity index (χ3n) is 4.81. The number of phenolic OH excluding ortho intramolecular Hbond substituents is 1. The summed E-state index contributed by atoms with van der Waals surface area (Å²) in [6.07, 6.45) is 1.44. The molecule has 4 nitrogen and oxygen atoms in total. The van der Waals surface area contributed by atoms with Crippen molar-refractivity contribution in [3.8, 4) is 11.5 Å². The molecule has 0 aliphatic rings. The number of halogens is 1. The maximum atomic E-state index is 13.0. The van der Waals surface area contributed by atoms with Crippen LogP contribution in [0, 0.1) is 6.92 Å². The Morgan fingerprint density at radius 2 is 1.81 bits per heavy atom. The van der Waals surface area contributed by atoms with Crippen LogP contribution in [0.15, 0.2) is 24.3 Å². The number of benzene rings is 2. The van der Waals surface area contributed by atoms with Crippen LogP contribution in [0.2, 0.25) is 5.02 Å². The molecule has 0 saturated carbocycles. The van der Waals surface area contributed by atoms with Gasteiger partial charge in [0.2, 0.25) is 0 Å². The van der Waals surface area contributed by atoms with Crippen molar-refractivity contribution in [2.24, 2.45) is 0 Å². The van der Waals surface area contributed by atoms with Crippen LogP contribution in [0.3, 0.4) is 0 Å². The minimum absolute atomic E-state index is 0.0660. The number of methoxy groups -OCH3 is 1. The minimum Gasteiger partial charge on any atom is -0.507 e. The van der Waals surface area contributed by atoms with Crippen molar-refractivity contribution in [2.45, 2.75) is 53.0 Å². The van der Waals surface area contributed by atoms with Crippen molar-refractivity contribution < 1.29 is 14.6 Å². The molecule has 0 unspecified atom stereocenters. The van der Waals surface area contributed by atoms with Gasteiger partial charge in [-0.2, -0.15) is 0 Å².